The third-order valence-corrected chi connectivity index (χ3v) is 4.13. The number of hydrogen-bond donors (Lipinski definition) is 2. The summed E-state index contributed by atoms with van der Waals surface area (Å²) in [6, 6.07) is 0. The summed E-state index contributed by atoms with van der Waals surface area (Å²) >= 11 is 0. The van der Waals surface area contributed by atoms with Gasteiger partial charge in [-0.05, 0) is 44.2 Å². The summed E-state index contributed by atoms with van der Waals surface area (Å²) in [5, 5.41) is 3.25. The van der Waals surface area contributed by atoms with Crippen LogP contribution in [0, 0.1) is 11.8 Å². The zero-order valence-corrected chi connectivity index (χ0v) is 11.0. The van der Waals surface area contributed by atoms with Crippen molar-refractivity contribution in [1.82, 2.24) is 10.2 Å². The lowest BCUT2D eigenvalue weighted by Crippen LogP contribution is -2.37. The summed E-state index contributed by atoms with van der Waals surface area (Å²) in [6.45, 7) is 7.71. The maximum Gasteiger partial charge on any atom is 0.188 e. The minimum atomic E-state index is 0.645. The monoisotopic (exact) mass is 238 g/mol. The molecule has 2 fully saturated rings. The van der Waals surface area contributed by atoms with Crippen LogP contribution in [-0.2, 0) is 0 Å². The number of nitrogens with two attached hydrogens (primary N) is 1. The first kappa shape index (κ1) is 12.7. The lowest BCUT2D eigenvalue weighted by atomic mass is 9.85. The van der Waals surface area contributed by atoms with Crippen LogP contribution in [0.1, 0.15) is 32.6 Å². The third kappa shape index (κ3) is 3.87. The molecule has 0 aromatic rings. The Kier molecular flexibility index (Phi) is 4.66. The van der Waals surface area contributed by atoms with Crippen LogP contribution in [0.2, 0.25) is 0 Å². The van der Waals surface area contributed by atoms with Crippen molar-refractivity contribution in [2.75, 3.05) is 32.7 Å². The summed E-state index contributed by atoms with van der Waals surface area (Å²) < 4.78 is 0. The predicted molar refractivity (Wildman–Crippen MR) is 72.1 cm³/mol. The molecule has 4 nitrogen and oxygen atoms in total. The van der Waals surface area contributed by atoms with E-state index in [-0.39, 0.29) is 0 Å². The van der Waals surface area contributed by atoms with Crippen LogP contribution in [0.25, 0.3) is 0 Å². The van der Waals surface area contributed by atoms with E-state index in [1.165, 1.54) is 38.8 Å². The van der Waals surface area contributed by atoms with Crippen molar-refractivity contribution >= 4 is 5.96 Å². The Bertz CT molecular complexity index is 260. The molecule has 1 saturated heterocycles. The molecule has 98 valence electrons. The summed E-state index contributed by atoms with van der Waals surface area (Å²) in [7, 11) is 0. The minimum Gasteiger partial charge on any atom is -0.370 e. The highest BCUT2D eigenvalue weighted by Gasteiger charge is 2.20. The smallest absolute Gasteiger partial charge is 0.188 e. The van der Waals surface area contributed by atoms with E-state index in [2.05, 4.69) is 22.1 Å². The summed E-state index contributed by atoms with van der Waals surface area (Å²) in [5.41, 5.74) is 5.87. The van der Waals surface area contributed by atoms with E-state index in [9.17, 15) is 0 Å². The largest absolute Gasteiger partial charge is 0.370 e. The Morgan fingerprint density at radius 1 is 1.35 bits per heavy atom. The molecule has 1 heterocycles. The van der Waals surface area contributed by atoms with Gasteiger partial charge >= 0.3 is 0 Å². The van der Waals surface area contributed by atoms with Gasteiger partial charge < -0.3 is 16.0 Å². The second-order valence-electron chi connectivity index (χ2n) is 5.45. The molecule has 2 rings (SSSR count). The highest BCUT2D eigenvalue weighted by atomic mass is 15.1. The lowest BCUT2D eigenvalue weighted by Gasteiger charge is -2.25. The van der Waals surface area contributed by atoms with Crippen LogP contribution in [-0.4, -0.2) is 43.6 Å². The Morgan fingerprint density at radius 2 is 2.18 bits per heavy atom. The van der Waals surface area contributed by atoms with E-state index in [1.54, 1.807) is 0 Å². The van der Waals surface area contributed by atoms with E-state index in [0.29, 0.717) is 11.9 Å². The number of rotatable bonds is 5. The van der Waals surface area contributed by atoms with Gasteiger partial charge in [-0.1, -0.05) is 13.3 Å². The molecular weight excluding hydrogens is 212 g/mol. The molecule has 1 unspecified atom stereocenters. The second kappa shape index (κ2) is 6.24. The molecule has 0 bridgehead atoms. The summed E-state index contributed by atoms with van der Waals surface area (Å²) in [6.07, 6.45) is 5.37. The minimum absolute atomic E-state index is 0.645. The van der Waals surface area contributed by atoms with Gasteiger partial charge in [-0.2, -0.15) is 0 Å². The lowest BCUT2D eigenvalue weighted by molar-refractivity contribution is 0.315. The molecule has 0 radical (unpaired) electrons. The van der Waals surface area contributed by atoms with Gasteiger partial charge in [-0.15, -0.1) is 0 Å². The number of nitrogens with one attached hydrogen (secondary N) is 1. The molecule has 3 N–H and O–H groups in total. The van der Waals surface area contributed by atoms with E-state index in [4.69, 9.17) is 5.73 Å². The Balaban J connectivity index is 1.61. The maximum atomic E-state index is 5.87. The number of nitrogens with zero attached hydrogens (tertiary/aromatic N) is 2. The zero-order chi connectivity index (χ0) is 12.1. The van der Waals surface area contributed by atoms with Gasteiger partial charge in [0.05, 0.1) is 0 Å². The molecule has 2 aliphatic rings. The van der Waals surface area contributed by atoms with Crippen molar-refractivity contribution in [2.45, 2.75) is 32.6 Å². The van der Waals surface area contributed by atoms with E-state index in [1.807, 2.05) is 0 Å². The Morgan fingerprint density at radius 3 is 2.76 bits per heavy atom. The van der Waals surface area contributed by atoms with Crippen molar-refractivity contribution in [3.05, 3.63) is 0 Å². The SMILES string of the molecule is CCN1CCC(CN=C(N)NCC2CCC2)C1. The average Bonchev–Trinajstić information content (AvgIpc) is 2.72. The van der Waals surface area contributed by atoms with Crippen LogP contribution < -0.4 is 11.1 Å². The molecule has 1 atom stereocenters. The van der Waals surface area contributed by atoms with Gasteiger partial charge in [0.15, 0.2) is 5.96 Å². The van der Waals surface area contributed by atoms with Crippen molar-refractivity contribution in [3.63, 3.8) is 0 Å². The molecular formula is C13H26N4. The molecule has 0 spiro atoms. The normalized spacial score (nSPS) is 27.1. The van der Waals surface area contributed by atoms with Gasteiger partial charge in [-0.3, -0.25) is 4.99 Å². The van der Waals surface area contributed by atoms with Gasteiger partial charge in [0.2, 0.25) is 0 Å². The highest BCUT2D eigenvalue weighted by Crippen LogP contribution is 2.25. The number of likely N-dealkylation sites (tertiary alicyclic amines) is 1. The molecule has 1 saturated carbocycles. The molecule has 4 heteroatoms. The molecule has 1 aliphatic carbocycles. The first-order valence-electron chi connectivity index (χ1n) is 7.04. The van der Waals surface area contributed by atoms with Gasteiger partial charge in [-0.25, -0.2) is 0 Å². The van der Waals surface area contributed by atoms with Crippen molar-refractivity contribution < 1.29 is 0 Å². The van der Waals surface area contributed by atoms with Crippen LogP contribution in [0.4, 0.5) is 0 Å². The van der Waals surface area contributed by atoms with Crippen LogP contribution in [0.15, 0.2) is 4.99 Å². The number of guanidine groups is 1. The maximum absolute atomic E-state index is 5.87. The topological polar surface area (TPSA) is 53.6 Å². The Hall–Kier alpha value is -0.770. The fourth-order valence-electron chi connectivity index (χ4n) is 2.58. The van der Waals surface area contributed by atoms with Crippen LogP contribution in [0.3, 0.4) is 0 Å². The standard InChI is InChI=1S/C13H26N4/c1-2-17-7-6-12(10-17)9-16-13(14)15-8-11-4-3-5-11/h11-12H,2-10H2,1H3,(H3,14,15,16). The van der Waals surface area contributed by atoms with Crippen molar-refractivity contribution in [2.24, 2.45) is 22.6 Å². The average molecular weight is 238 g/mol. The van der Waals surface area contributed by atoms with Gasteiger partial charge in [0.25, 0.3) is 0 Å². The quantitative estimate of drug-likeness (QED) is 0.556. The highest BCUT2D eigenvalue weighted by molar-refractivity contribution is 5.77. The van der Waals surface area contributed by atoms with Crippen LogP contribution >= 0.6 is 0 Å². The van der Waals surface area contributed by atoms with E-state index < -0.39 is 0 Å². The number of hydrogen-bond acceptors (Lipinski definition) is 2. The molecule has 0 aromatic heterocycles. The first-order valence-corrected chi connectivity index (χ1v) is 7.04. The molecule has 0 amide bonds. The summed E-state index contributed by atoms with van der Waals surface area (Å²) in [4.78, 5) is 6.95. The molecule has 17 heavy (non-hydrogen) atoms. The van der Waals surface area contributed by atoms with Crippen molar-refractivity contribution in [1.29, 1.82) is 0 Å². The zero-order valence-electron chi connectivity index (χ0n) is 11.0. The molecule has 0 aromatic carbocycles. The Labute approximate surface area is 105 Å². The van der Waals surface area contributed by atoms with Crippen LogP contribution in [0.5, 0.6) is 0 Å². The second-order valence-corrected chi connectivity index (χ2v) is 5.45. The van der Waals surface area contributed by atoms with E-state index >= 15 is 0 Å². The summed E-state index contributed by atoms with van der Waals surface area (Å²) in [5.74, 6) is 2.19. The van der Waals surface area contributed by atoms with Crippen molar-refractivity contribution in [3.8, 4) is 0 Å². The van der Waals surface area contributed by atoms with Gasteiger partial charge in [0.1, 0.15) is 0 Å². The number of aliphatic imine (C=N–C) groups is 1. The van der Waals surface area contributed by atoms with Gasteiger partial charge in [0, 0.05) is 19.6 Å². The first-order chi connectivity index (χ1) is 8.28. The van der Waals surface area contributed by atoms with E-state index in [0.717, 1.165) is 25.6 Å². The molecule has 1 aliphatic heterocycles. The third-order valence-electron chi connectivity index (χ3n) is 4.13. The fraction of sp³-hybridized carbons (Fsp3) is 0.923. The predicted octanol–water partition coefficient (Wildman–Crippen LogP) is 1.03. The fourth-order valence-corrected chi connectivity index (χ4v) is 2.58.